The van der Waals surface area contributed by atoms with Gasteiger partial charge in [-0.1, -0.05) is 19.1 Å². The van der Waals surface area contributed by atoms with Crippen molar-refractivity contribution in [3.05, 3.63) is 35.4 Å². The van der Waals surface area contributed by atoms with Crippen LogP contribution in [0.25, 0.3) is 0 Å². The fraction of sp³-hybridized carbons (Fsp3) is 0.500. The molecule has 0 saturated heterocycles. The van der Waals surface area contributed by atoms with Gasteiger partial charge in [0.15, 0.2) is 0 Å². The first kappa shape index (κ1) is 15.7. The summed E-state index contributed by atoms with van der Waals surface area (Å²) in [5.41, 5.74) is 1.73. The average molecular weight is 280 g/mol. The molecule has 4 nitrogen and oxygen atoms in total. The maximum atomic E-state index is 11.2. The Kier molecular flexibility index (Phi) is 5.52. The summed E-state index contributed by atoms with van der Waals surface area (Å²) in [6.45, 7) is 5.38. The van der Waals surface area contributed by atoms with Crippen LogP contribution in [0.4, 0.5) is 0 Å². The minimum atomic E-state index is -2.94. The average Bonchev–Trinajstić information content (AvgIpc) is 2.38. The first-order chi connectivity index (χ1) is 8.87. The van der Waals surface area contributed by atoms with Crippen molar-refractivity contribution in [1.29, 1.82) is 5.26 Å². The number of sulfone groups is 1. The molecule has 0 aliphatic rings. The summed E-state index contributed by atoms with van der Waals surface area (Å²) in [4.78, 5) is 2.11. The summed E-state index contributed by atoms with van der Waals surface area (Å²) in [7, 11) is -2.94. The van der Waals surface area contributed by atoms with Gasteiger partial charge in [0, 0.05) is 18.8 Å². The zero-order chi connectivity index (χ0) is 14.5. The quantitative estimate of drug-likeness (QED) is 0.799. The van der Waals surface area contributed by atoms with Crippen LogP contribution in [0.15, 0.2) is 24.3 Å². The summed E-state index contributed by atoms with van der Waals surface area (Å²) < 4.78 is 22.5. The third-order valence-electron chi connectivity index (χ3n) is 3.23. The molecule has 19 heavy (non-hydrogen) atoms. The molecule has 1 aromatic carbocycles. The summed E-state index contributed by atoms with van der Waals surface area (Å²) in [6, 6.07) is 9.65. The summed E-state index contributed by atoms with van der Waals surface area (Å²) in [6.07, 6.45) is 1.26. The second-order valence-electron chi connectivity index (χ2n) is 4.67. The van der Waals surface area contributed by atoms with Gasteiger partial charge >= 0.3 is 0 Å². The monoisotopic (exact) mass is 280 g/mol. The maximum Gasteiger partial charge on any atom is 0.148 e. The highest BCUT2D eigenvalue weighted by molar-refractivity contribution is 7.90. The molecule has 0 bridgehead atoms. The third kappa shape index (κ3) is 5.01. The molecular weight excluding hydrogens is 260 g/mol. The second-order valence-corrected chi connectivity index (χ2v) is 6.93. The lowest BCUT2D eigenvalue weighted by atomic mass is 10.1. The first-order valence-corrected chi connectivity index (χ1v) is 8.35. The van der Waals surface area contributed by atoms with Gasteiger partial charge in [-0.25, -0.2) is 8.42 Å². The molecule has 0 aromatic heterocycles. The van der Waals surface area contributed by atoms with Crippen LogP contribution in [-0.4, -0.2) is 38.4 Å². The minimum Gasteiger partial charge on any atom is -0.296 e. The number of benzene rings is 1. The van der Waals surface area contributed by atoms with Crippen molar-refractivity contribution >= 4 is 9.84 Å². The van der Waals surface area contributed by atoms with Gasteiger partial charge in [0.05, 0.1) is 17.4 Å². The van der Waals surface area contributed by atoms with E-state index in [2.05, 4.69) is 11.0 Å². The van der Waals surface area contributed by atoms with Gasteiger partial charge in [0.25, 0.3) is 0 Å². The van der Waals surface area contributed by atoms with Gasteiger partial charge in [0.1, 0.15) is 9.84 Å². The Balaban J connectivity index is 2.77. The van der Waals surface area contributed by atoms with E-state index in [-0.39, 0.29) is 11.8 Å². The molecule has 0 saturated carbocycles. The van der Waals surface area contributed by atoms with Crippen LogP contribution in [0.3, 0.4) is 0 Å². The molecule has 5 heteroatoms. The molecule has 104 valence electrons. The van der Waals surface area contributed by atoms with E-state index in [1.807, 2.05) is 26.0 Å². The Morgan fingerprint density at radius 1 is 1.32 bits per heavy atom. The normalized spacial score (nSPS) is 13.2. The first-order valence-electron chi connectivity index (χ1n) is 6.29. The second kappa shape index (κ2) is 6.69. The van der Waals surface area contributed by atoms with Gasteiger partial charge in [-0.15, -0.1) is 0 Å². The van der Waals surface area contributed by atoms with Gasteiger partial charge in [-0.3, -0.25) is 4.90 Å². The van der Waals surface area contributed by atoms with Gasteiger partial charge in [-0.2, -0.15) is 5.26 Å². The number of hydrogen-bond donors (Lipinski definition) is 0. The number of nitriles is 1. The fourth-order valence-electron chi connectivity index (χ4n) is 1.96. The molecule has 0 aliphatic carbocycles. The summed E-state index contributed by atoms with van der Waals surface area (Å²) in [5.74, 6) is 0.168. The van der Waals surface area contributed by atoms with Crippen LogP contribution >= 0.6 is 0 Å². The zero-order valence-electron chi connectivity index (χ0n) is 11.6. The highest BCUT2D eigenvalue weighted by Gasteiger charge is 2.15. The smallest absolute Gasteiger partial charge is 0.148 e. The zero-order valence-corrected chi connectivity index (χ0v) is 12.4. The predicted octanol–water partition coefficient (Wildman–Crippen LogP) is 1.99. The van der Waals surface area contributed by atoms with Gasteiger partial charge in [0.2, 0.25) is 0 Å². The Morgan fingerprint density at radius 3 is 2.32 bits per heavy atom. The van der Waals surface area contributed by atoms with Crippen molar-refractivity contribution in [3.8, 4) is 6.07 Å². The molecule has 1 rings (SSSR count). The Morgan fingerprint density at radius 2 is 1.89 bits per heavy atom. The fourth-order valence-corrected chi connectivity index (χ4v) is 2.52. The summed E-state index contributed by atoms with van der Waals surface area (Å²) in [5, 5.41) is 8.77. The Bertz CT molecular complexity index is 544. The van der Waals surface area contributed by atoms with Crippen LogP contribution < -0.4 is 0 Å². The molecular formula is C14H20N2O2S. The van der Waals surface area contributed by atoms with E-state index in [0.29, 0.717) is 12.1 Å². The predicted molar refractivity (Wildman–Crippen MR) is 76.5 cm³/mol. The minimum absolute atomic E-state index is 0.138. The lowest BCUT2D eigenvalue weighted by molar-refractivity contribution is 0.235. The Labute approximate surface area is 115 Å². The van der Waals surface area contributed by atoms with Crippen molar-refractivity contribution in [3.63, 3.8) is 0 Å². The van der Waals surface area contributed by atoms with E-state index in [1.165, 1.54) is 6.26 Å². The SMILES string of the molecule is CCN(CCS(C)(=O)=O)[C@@H](C)c1ccc(C#N)cc1. The van der Waals surface area contributed by atoms with E-state index in [1.54, 1.807) is 12.1 Å². The van der Waals surface area contributed by atoms with Crippen LogP contribution in [0, 0.1) is 11.3 Å². The standard InChI is InChI=1S/C14H20N2O2S/c1-4-16(9-10-19(3,17)18)12(2)14-7-5-13(11-15)6-8-14/h5-8,12H,4,9-10H2,1-3H3/t12-/m0/s1. The molecule has 1 aromatic rings. The highest BCUT2D eigenvalue weighted by atomic mass is 32.2. The van der Waals surface area contributed by atoms with E-state index in [9.17, 15) is 8.42 Å². The topological polar surface area (TPSA) is 61.2 Å². The largest absolute Gasteiger partial charge is 0.296 e. The molecule has 0 radical (unpaired) electrons. The number of rotatable bonds is 6. The maximum absolute atomic E-state index is 11.2. The van der Waals surface area contributed by atoms with Gasteiger partial charge in [-0.05, 0) is 31.2 Å². The number of nitrogens with zero attached hydrogens (tertiary/aromatic N) is 2. The van der Waals surface area contributed by atoms with Crippen molar-refractivity contribution in [1.82, 2.24) is 4.90 Å². The molecule has 0 heterocycles. The van der Waals surface area contributed by atoms with Crippen LogP contribution in [0.1, 0.15) is 31.0 Å². The van der Waals surface area contributed by atoms with Crippen molar-refractivity contribution in [2.45, 2.75) is 19.9 Å². The van der Waals surface area contributed by atoms with E-state index >= 15 is 0 Å². The molecule has 0 amide bonds. The third-order valence-corrected chi connectivity index (χ3v) is 4.15. The molecule has 0 aliphatic heterocycles. The molecule has 0 fully saturated rings. The van der Waals surface area contributed by atoms with E-state index in [4.69, 9.17) is 5.26 Å². The van der Waals surface area contributed by atoms with E-state index < -0.39 is 9.84 Å². The number of hydrogen-bond acceptors (Lipinski definition) is 4. The molecule has 0 unspecified atom stereocenters. The molecule has 0 N–H and O–H groups in total. The van der Waals surface area contributed by atoms with Crippen LogP contribution in [0.2, 0.25) is 0 Å². The lowest BCUT2D eigenvalue weighted by Gasteiger charge is -2.27. The Hall–Kier alpha value is -1.38. The lowest BCUT2D eigenvalue weighted by Crippen LogP contribution is -2.31. The van der Waals surface area contributed by atoms with Crippen molar-refractivity contribution < 1.29 is 8.42 Å². The highest BCUT2D eigenvalue weighted by Crippen LogP contribution is 2.20. The summed E-state index contributed by atoms with van der Waals surface area (Å²) >= 11 is 0. The van der Waals surface area contributed by atoms with E-state index in [0.717, 1.165) is 12.1 Å². The van der Waals surface area contributed by atoms with Crippen LogP contribution in [0.5, 0.6) is 0 Å². The van der Waals surface area contributed by atoms with Crippen LogP contribution in [-0.2, 0) is 9.84 Å². The molecule has 1 atom stereocenters. The van der Waals surface area contributed by atoms with Gasteiger partial charge < -0.3 is 0 Å². The van der Waals surface area contributed by atoms with Crippen molar-refractivity contribution in [2.75, 3.05) is 25.1 Å². The van der Waals surface area contributed by atoms with Crippen molar-refractivity contribution in [2.24, 2.45) is 0 Å². The molecule has 0 spiro atoms.